The summed E-state index contributed by atoms with van der Waals surface area (Å²) in [6, 6.07) is -1.21. The van der Waals surface area contributed by atoms with Gasteiger partial charge in [0.1, 0.15) is 36.5 Å². The number of piperidine rings is 1. The molecule has 3 fully saturated rings. The normalized spacial score (nSPS) is 38.8. The number of allylic oxidation sites excluding steroid dienone is 6. The van der Waals surface area contributed by atoms with Crippen LogP contribution in [0.3, 0.4) is 0 Å². The van der Waals surface area contributed by atoms with Gasteiger partial charge in [-0.1, -0.05) is 71.1 Å². The van der Waals surface area contributed by atoms with Gasteiger partial charge in [-0.25, -0.2) is 9.48 Å². The van der Waals surface area contributed by atoms with Gasteiger partial charge in [-0.2, -0.15) is 0 Å². The quantitative estimate of drug-likeness (QED) is 0.181. The van der Waals surface area contributed by atoms with E-state index in [4.69, 9.17) is 23.7 Å². The second kappa shape index (κ2) is 25.7. The molecule has 5 rings (SSSR count). The number of amides is 1. The molecule has 2 unspecified atom stereocenters. The molecule has 1 aromatic heterocycles. The van der Waals surface area contributed by atoms with Gasteiger partial charge >= 0.3 is 11.8 Å². The zero-order valence-corrected chi connectivity index (χ0v) is 42.5. The molecule has 1 saturated carbocycles. The zero-order chi connectivity index (χ0) is 50.6. The third kappa shape index (κ3) is 14.2. The first kappa shape index (κ1) is 55.7. The summed E-state index contributed by atoms with van der Waals surface area (Å²) < 4.78 is 31.7. The minimum atomic E-state index is -2.86. The zero-order valence-electron chi connectivity index (χ0n) is 42.5. The summed E-state index contributed by atoms with van der Waals surface area (Å²) in [5.74, 6) is -7.98. The van der Waals surface area contributed by atoms with E-state index in [1.165, 1.54) is 12.0 Å². The molecule has 2 saturated heterocycles. The minimum Gasteiger partial charge on any atom is -0.460 e. The van der Waals surface area contributed by atoms with Gasteiger partial charge in [0.05, 0.1) is 24.4 Å². The van der Waals surface area contributed by atoms with Crippen molar-refractivity contribution in [2.45, 2.75) is 180 Å². The highest BCUT2D eigenvalue weighted by Crippen LogP contribution is 2.39. The number of Topliss-reactive ketones (excluding diaryl/α,β-unsaturated/α-hetero) is 3. The number of hydrogen-bond donors (Lipinski definition) is 2. The van der Waals surface area contributed by atoms with Crippen molar-refractivity contribution in [1.29, 1.82) is 0 Å². The van der Waals surface area contributed by atoms with Crippen molar-refractivity contribution < 1.29 is 57.9 Å². The molecule has 17 nitrogen and oxygen atoms in total. The van der Waals surface area contributed by atoms with Crippen LogP contribution in [0.25, 0.3) is 0 Å². The Kier molecular flexibility index (Phi) is 20.8. The Bertz CT molecular complexity index is 2020. The number of aliphatic hydroxyl groups excluding tert-OH is 1. The fourth-order valence-corrected chi connectivity index (χ4v) is 10.7. The summed E-state index contributed by atoms with van der Waals surface area (Å²) in [6.07, 6.45) is 13.4. The Morgan fingerprint density at radius 2 is 1.62 bits per heavy atom. The van der Waals surface area contributed by atoms with Gasteiger partial charge in [-0.15, -0.1) is 5.10 Å². The molecule has 1 aromatic rings. The van der Waals surface area contributed by atoms with Crippen molar-refractivity contribution >= 4 is 29.2 Å². The molecule has 2 bridgehead atoms. The molecule has 4 heterocycles. The lowest BCUT2D eigenvalue weighted by atomic mass is 9.77. The third-order valence-electron chi connectivity index (χ3n) is 15.1. The fourth-order valence-electron chi connectivity index (χ4n) is 10.7. The van der Waals surface area contributed by atoms with Crippen LogP contribution in [0.1, 0.15) is 132 Å². The van der Waals surface area contributed by atoms with Crippen molar-refractivity contribution in [2.24, 2.45) is 35.5 Å². The number of rotatable bonds is 7. The van der Waals surface area contributed by atoms with Crippen LogP contribution < -0.4 is 0 Å². The van der Waals surface area contributed by atoms with Crippen LogP contribution in [-0.2, 0) is 47.7 Å². The number of carbonyl (C=O) groups excluding carboxylic acids is 5. The molecule has 2 N–H and O–H groups in total. The SMILES string of the molecule is CO[C@H]1C[C@@H]2CC[C@@H](C)C(=O)C(O)(O2)C(=O)N2CCCC[C@H]2C(=O)O[C@H]([C@H](C)C[C@@H]2CCC(n3cnnn3)[C@H](OC)C2)CC(=O)[C@H](C)/C=C(\C)[C@@H](O)[C@@H](OC)C(=O)[C@H](C)C[C@H](C)/C=C/C=C/C=C/1C. The molecular formula is C52H79N5O12. The molecule has 4 aliphatic rings. The van der Waals surface area contributed by atoms with Crippen LogP contribution in [0.4, 0.5) is 0 Å². The maximum absolute atomic E-state index is 14.7. The number of aliphatic hydroxyl groups is 2. The number of ether oxygens (including phenoxy) is 5. The van der Waals surface area contributed by atoms with E-state index in [9.17, 15) is 34.2 Å². The number of methoxy groups -OCH3 is 3. The average Bonchev–Trinajstić information content (AvgIpc) is 3.85. The second-order valence-electron chi connectivity index (χ2n) is 20.4. The van der Waals surface area contributed by atoms with Gasteiger partial charge in [-0.3, -0.25) is 19.2 Å². The lowest BCUT2D eigenvalue weighted by molar-refractivity contribution is -0.231. The predicted octanol–water partition coefficient (Wildman–Crippen LogP) is 6.05. The Morgan fingerprint density at radius 1 is 0.870 bits per heavy atom. The molecule has 69 heavy (non-hydrogen) atoms. The van der Waals surface area contributed by atoms with Gasteiger partial charge in [-0.05, 0) is 117 Å². The Labute approximate surface area is 408 Å². The van der Waals surface area contributed by atoms with Crippen molar-refractivity contribution in [1.82, 2.24) is 25.1 Å². The highest BCUT2D eigenvalue weighted by atomic mass is 16.6. The Balaban J connectivity index is 1.49. The van der Waals surface area contributed by atoms with E-state index >= 15 is 0 Å². The van der Waals surface area contributed by atoms with Gasteiger partial charge in [0.25, 0.3) is 5.91 Å². The molecule has 0 spiro atoms. The Hall–Kier alpha value is -4.26. The summed E-state index contributed by atoms with van der Waals surface area (Å²) in [6.45, 7) is 12.8. The summed E-state index contributed by atoms with van der Waals surface area (Å²) >= 11 is 0. The number of esters is 1. The highest BCUT2D eigenvalue weighted by Gasteiger charge is 2.55. The summed E-state index contributed by atoms with van der Waals surface area (Å²) in [5.41, 5.74) is 1.24. The van der Waals surface area contributed by atoms with Crippen LogP contribution in [0, 0.1) is 35.5 Å². The molecule has 384 valence electrons. The summed E-state index contributed by atoms with van der Waals surface area (Å²) in [4.78, 5) is 72.6. The number of tetrazole rings is 1. The first-order chi connectivity index (χ1) is 32.8. The number of ketones is 3. The predicted molar refractivity (Wildman–Crippen MR) is 256 cm³/mol. The smallest absolute Gasteiger partial charge is 0.329 e. The fraction of sp³-hybridized carbons (Fsp3) is 0.731. The molecule has 17 heteroatoms. The van der Waals surface area contributed by atoms with E-state index < -0.39 is 77.8 Å². The molecule has 0 aromatic carbocycles. The largest absolute Gasteiger partial charge is 0.460 e. The average molecular weight is 966 g/mol. The van der Waals surface area contributed by atoms with Crippen molar-refractivity contribution in [2.75, 3.05) is 27.9 Å². The molecule has 3 aliphatic heterocycles. The van der Waals surface area contributed by atoms with Crippen molar-refractivity contribution in [3.05, 3.63) is 53.9 Å². The maximum Gasteiger partial charge on any atom is 0.329 e. The molecule has 1 aliphatic carbocycles. The second-order valence-corrected chi connectivity index (χ2v) is 20.4. The number of aromatic nitrogens is 4. The van der Waals surface area contributed by atoms with Gasteiger partial charge < -0.3 is 38.8 Å². The van der Waals surface area contributed by atoms with E-state index in [0.29, 0.717) is 50.5 Å². The first-order valence-corrected chi connectivity index (χ1v) is 25.0. The van der Waals surface area contributed by atoms with Crippen molar-refractivity contribution in [3.63, 3.8) is 0 Å². The minimum absolute atomic E-state index is 0.0124. The Morgan fingerprint density at radius 3 is 2.30 bits per heavy atom. The van der Waals surface area contributed by atoms with Crippen LogP contribution >= 0.6 is 0 Å². The number of carbonyl (C=O) groups is 5. The molecule has 0 radical (unpaired) electrons. The van der Waals surface area contributed by atoms with Gasteiger partial charge in [0.2, 0.25) is 5.78 Å². The van der Waals surface area contributed by atoms with Gasteiger partial charge in [0.15, 0.2) is 5.78 Å². The number of fused-ring (bicyclic) bond motifs is 3. The standard InChI is InChI=1S/C52H79N5O12/c1-31-16-12-11-13-17-32(2)43(65-8)28-39-21-19-33(3)49(61)52(64,69-39)51(63)56-23-15-14-18-41(56)50(62)68-44(35(5)26-38-20-22-40(45(27-38)66-9)57-30-53-54-55-57)29-42(58)34(4)25-37(7)47(60)48(67-10)46(59)36(6)24-31/h11-13,16-17,25,30-31,33-36,38-41,43-45,47-48,60,64H,14-15,18-24,26-29H2,1-10H3/b13-11+,16-12+,32-17+,37-25+/t31-,33-,34-,35-,36-,38+,39+,40?,41+,43+,44+,45-,47-,48+,52?/m1/s1. The van der Waals surface area contributed by atoms with E-state index in [0.717, 1.165) is 18.4 Å². The third-order valence-corrected chi connectivity index (χ3v) is 15.1. The lowest BCUT2D eigenvalue weighted by Crippen LogP contribution is -2.62. The molecule has 15 atom stereocenters. The monoisotopic (exact) mass is 966 g/mol. The topological polar surface area (TPSA) is 219 Å². The van der Waals surface area contributed by atoms with Crippen LogP contribution in [0.2, 0.25) is 0 Å². The summed E-state index contributed by atoms with van der Waals surface area (Å²) in [5, 5.41) is 35.4. The number of cyclic esters (lactones) is 1. The molecular weight excluding hydrogens is 887 g/mol. The van der Waals surface area contributed by atoms with Crippen LogP contribution in [0.5, 0.6) is 0 Å². The molecule has 1 amide bonds. The number of hydrogen-bond acceptors (Lipinski definition) is 15. The maximum atomic E-state index is 14.7. The van der Waals surface area contributed by atoms with Crippen LogP contribution in [0.15, 0.2) is 53.9 Å². The van der Waals surface area contributed by atoms with E-state index in [1.807, 2.05) is 58.1 Å². The van der Waals surface area contributed by atoms with Gasteiger partial charge in [0, 0.05) is 58.5 Å². The highest BCUT2D eigenvalue weighted by molar-refractivity contribution is 6.09. The van der Waals surface area contributed by atoms with Crippen molar-refractivity contribution in [3.8, 4) is 0 Å². The van der Waals surface area contributed by atoms with Crippen LogP contribution in [-0.4, -0.2) is 141 Å². The van der Waals surface area contributed by atoms with E-state index in [2.05, 4.69) is 15.5 Å². The van der Waals surface area contributed by atoms with E-state index in [-0.39, 0.29) is 67.3 Å². The summed E-state index contributed by atoms with van der Waals surface area (Å²) in [7, 11) is 4.61. The number of nitrogens with zero attached hydrogens (tertiary/aromatic N) is 5. The lowest BCUT2D eigenvalue weighted by Gasteiger charge is -2.40. The first-order valence-electron chi connectivity index (χ1n) is 25.0. The van der Waals surface area contributed by atoms with E-state index in [1.54, 1.807) is 52.1 Å².